The van der Waals surface area contributed by atoms with Crippen molar-refractivity contribution in [3.8, 4) is 0 Å². The van der Waals surface area contributed by atoms with E-state index >= 15 is 0 Å². The Morgan fingerprint density at radius 3 is 2.85 bits per heavy atom. The molecule has 1 aromatic heterocycles. The molecule has 0 bridgehead atoms. The summed E-state index contributed by atoms with van der Waals surface area (Å²) in [6.07, 6.45) is 3.73. The lowest BCUT2D eigenvalue weighted by atomic mass is 10.1. The van der Waals surface area contributed by atoms with Crippen LogP contribution in [0, 0.1) is 0 Å². The van der Waals surface area contributed by atoms with E-state index < -0.39 is 0 Å². The lowest BCUT2D eigenvalue weighted by molar-refractivity contribution is 0.112. The number of halogens is 1. The molecule has 0 aliphatic heterocycles. The van der Waals surface area contributed by atoms with Crippen LogP contribution in [0.2, 0.25) is 5.15 Å². The molecule has 0 saturated heterocycles. The molecule has 0 aromatic carbocycles. The first-order chi connectivity index (χ1) is 6.20. The Kier molecular flexibility index (Phi) is 3.48. The summed E-state index contributed by atoms with van der Waals surface area (Å²) in [6, 6.07) is 0. The molecule has 0 unspecified atom stereocenters. The maximum Gasteiger partial charge on any atom is 0.155 e. The number of nitrogens with zero attached hydrogens (tertiary/aromatic N) is 2. The summed E-state index contributed by atoms with van der Waals surface area (Å²) < 4.78 is 1.54. The first-order valence-corrected chi connectivity index (χ1v) is 4.75. The average Bonchev–Trinajstić information content (AvgIpc) is 2.39. The minimum atomic E-state index is 0.432. The zero-order valence-electron chi connectivity index (χ0n) is 7.88. The molecule has 0 spiro atoms. The van der Waals surface area contributed by atoms with Crippen LogP contribution >= 0.6 is 11.6 Å². The van der Waals surface area contributed by atoms with Crippen molar-refractivity contribution in [1.82, 2.24) is 9.78 Å². The highest BCUT2D eigenvalue weighted by Gasteiger charge is 2.12. The van der Waals surface area contributed by atoms with Gasteiger partial charge in [-0.3, -0.25) is 9.48 Å². The first kappa shape index (κ1) is 10.3. The number of aromatic nitrogens is 2. The molecule has 0 N–H and O–H groups in total. The van der Waals surface area contributed by atoms with Gasteiger partial charge in [-0.15, -0.1) is 0 Å². The lowest BCUT2D eigenvalue weighted by Crippen LogP contribution is -1.92. The molecule has 0 atom stereocenters. The largest absolute Gasteiger partial charge is 0.298 e. The Hall–Kier alpha value is -0.830. The summed E-state index contributed by atoms with van der Waals surface area (Å²) in [5.41, 5.74) is 1.35. The fourth-order valence-corrected chi connectivity index (χ4v) is 1.41. The van der Waals surface area contributed by atoms with Gasteiger partial charge in [-0.05, 0) is 12.8 Å². The molecule has 0 radical (unpaired) electrons. The van der Waals surface area contributed by atoms with Gasteiger partial charge in [0.15, 0.2) is 6.29 Å². The van der Waals surface area contributed by atoms with Crippen LogP contribution in [0.1, 0.15) is 35.8 Å². The van der Waals surface area contributed by atoms with Crippen LogP contribution in [0.5, 0.6) is 0 Å². The molecule has 72 valence electrons. The van der Waals surface area contributed by atoms with Gasteiger partial charge in [0, 0.05) is 7.05 Å². The quantitative estimate of drug-likeness (QED) is 0.699. The molecule has 4 heteroatoms. The van der Waals surface area contributed by atoms with Crippen LogP contribution in [0.3, 0.4) is 0 Å². The summed E-state index contributed by atoms with van der Waals surface area (Å²) in [7, 11) is 1.74. The fraction of sp³-hybridized carbons (Fsp3) is 0.556. The van der Waals surface area contributed by atoms with Gasteiger partial charge in [0.05, 0.1) is 11.3 Å². The molecule has 0 amide bonds. The normalized spacial score (nSPS) is 10.4. The number of rotatable bonds is 4. The minimum absolute atomic E-state index is 0.432. The molecular weight excluding hydrogens is 188 g/mol. The van der Waals surface area contributed by atoms with Gasteiger partial charge < -0.3 is 0 Å². The summed E-state index contributed by atoms with van der Waals surface area (Å²) in [5, 5.41) is 4.60. The summed E-state index contributed by atoms with van der Waals surface area (Å²) >= 11 is 5.86. The van der Waals surface area contributed by atoms with Gasteiger partial charge >= 0.3 is 0 Å². The second-order valence-electron chi connectivity index (χ2n) is 3.00. The van der Waals surface area contributed by atoms with Crippen LogP contribution in [0.4, 0.5) is 0 Å². The molecule has 13 heavy (non-hydrogen) atoms. The molecule has 0 fully saturated rings. The molecule has 0 saturated carbocycles. The second kappa shape index (κ2) is 4.42. The Morgan fingerprint density at radius 1 is 1.62 bits per heavy atom. The topological polar surface area (TPSA) is 34.9 Å². The van der Waals surface area contributed by atoms with E-state index in [4.69, 9.17) is 11.6 Å². The van der Waals surface area contributed by atoms with E-state index in [1.54, 1.807) is 7.05 Å². The standard InChI is InChI=1S/C9H13ClN2O/c1-3-4-5-8-7(6-13)9(10)12(2)11-8/h6H,3-5H2,1-2H3. The van der Waals surface area contributed by atoms with Crippen LogP contribution in [-0.2, 0) is 13.5 Å². The maximum atomic E-state index is 10.7. The predicted octanol–water partition coefficient (Wildman–Crippen LogP) is 2.23. The third kappa shape index (κ3) is 2.10. The number of aldehydes is 1. The van der Waals surface area contributed by atoms with Gasteiger partial charge in [-0.1, -0.05) is 24.9 Å². The smallest absolute Gasteiger partial charge is 0.155 e. The first-order valence-electron chi connectivity index (χ1n) is 4.37. The van der Waals surface area contributed by atoms with Crippen molar-refractivity contribution in [2.24, 2.45) is 7.05 Å². The third-order valence-electron chi connectivity index (χ3n) is 1.97. The molecule has 1 aromatic rings. The average molecular weight is 201 g/mol. The summed E-state index contributed by atoms with van der Waals surface area (Å²) in [6.45, 7) is 2.10. The Balaban J connectivity index is 2.92. The number of carbonyl (C=O) groups is 1. The number of unbranched alkanes of at least 4 members (excludes halogenated alkanes) is 1. The van der Waals surface area contributed by atoms with E-state index in [2.05, 4.69) is 12.0 Å². The van der Waals surface area contributed by atoms with Crippen molar-refractivity contribution in [2.45, 2.75) is 26.2 Å². The zero-order chi connectivity index (χ0) is 9.84. The van der Waals surface area contributed by atoms with Crippen molar-refractivity contribution >= 4 is 17.9 Å². The highest BCUT2D eigenvalue weighted by atomic mass is 35.5. The van der Waals surface area contributed by atoms with Crippen molar-refractivity contribution < 1.29 is 4.79 Å². The van der Waals surface area contributed by atoms with E-state index in [-0.39, 0.29) is 0 Å². The third-order valence-corrected chi connectivity index (χ3v) is 2.42. The molecule has 0 aliphatic rings. The number of aryl methyl sites for hydroxylation is 2. The number of hydrogen-bond donors (Lipinski definition) is 0. The van der Waals surface area contributed by atoms with E-state index in [1.165, 1.54) is 4.68 Å². The van der Waals surface area contributed by atoms with Gasteiger partial charge in [0.25, 0.3) is 0 Å². The van der Waals surface area contributed by atoms with Crippen LogP contribution in [-0.4, -0.2) is 16.1 Å². The van der Waals surface area contributed by atoms with Crippen molar-refractivity contribution in [1.29, 1.82) is 0 Å². The van der Waals surface area contributed by atoms with E-state index in [0.717, 1.165) is 31.2 Å². The Bertz CT molecular complexity index is 307. The predicted molar refractivity (Wildman–Crippen MR) is 52.2 cm³/mol. The maximum absolute atomic E-state index is 10.7. The van der Waals surface area contributed by atoms with Gasteiger partial charge in [0.1, 0.15) is 5.15 Å². The molecule has 0 aliphatic carbocycles. The summed E-state index contributed by atoms with van der Waals surface area (Å²) in [4.78, 5) is 10.7. The van der Waals surface area contributed by atoms with Crippen molar-refractivity contribution in [3.63, 3.8) is 0 Å². The van der Waals surface area contributed by atoms with E-state index in [9.17, 15) is 4.79 Å². The van der Waals surface area contributed by atoms with Gasteiger partial charge in [0.2, 0.25) is 0 Å². The van der Waals surface area contributed by atoms with Crippen LogP contribution < -0.4 is 0 Å². The van der Waals surface area contributed by atoms with Crippen LogP contribution in [0.15, 0.2) is 0 Å². The molecule has 3 nitrogen and oxygen atoms in total. The minimum Gasteiger partial charge on any atom is -0.298 e. The Labute approximate surface area is 82.7 Å². The van der Waals surface area contributed by atoms with Gasteiger partial charge in [-0.25, -0.2) is 0 Å². The Morgan fingerprint density at radius 2 is 2.31 bits per heavy atom. The van der Waals surface area contributed by atoms with Crippen LogP contribution in [0.25, 0.3) is 0 Å². The highest BCUT2D eigenvalue weighted by molar-refractivity contribution is 6.32. The lowest BCUT2D eigenvalue weighted by Gasteiger charge is -1.93. The molecular formula is C9H13ClN2O. The number of carbonyl (C=O) groups excluding carboxylic acids is 1. The highest BCUT2D eigenvalue weighted by Crippen LogP contribution is 2.18. The molecule has 1 rings (SSSR count). The van der Waals surface area contributed by atoms with Gasteiger partial charge in [-0.2, -0.15) is 5.10 Å². The van der Waals surface area contributed by atoms with E-state index in [0.29, 0.717) is 10.7 Å². The molecule has 1 heterocycles. The van der Waals surface area contributed by atoms with Crippen molar-refractivity contribution in [2.75, 3.05) is 0 Å². The van der Waals surface area contributed by atoms with E-state index in [1.807, 2.05) is 0 Å². The summed E-state index contributed by atoms with van der Waals surface area (Å²) in [5.74, 6) is 0. The van der Waals surface area contributed by atoms with Crippen molar-refractivity contribution in [3.05, 3.63) is 16.4 Å². The SMILES string of the molecule is CCCCc1nn(C)c(Cl)c1C=O. The number of hydrogen-bond acceptors (Lipinski definition) is 2. The fourth-order valence-electron chi connectivity index (χ4n) is 1.22. The second-order valence-corrected chi connectivity index (χ2v) is 3.35. The monoisotopic (exact) mass is 200 g/mol. The zero-order valence-corrected chi connectivity index (χ0v) is 8.64.